The second-order valence-electron chi connectivity index (χ2n) is 9.10. The lowest BCUT2D eigenvalue weighted by Crippen LogP contribution is -2.46. The van der Waals surface area contributed by atoms with Gasteiger partial charge in [-0.3, -0.25) is 9.69 Å². The minimum atomic E-state index is -0.978. The van der Waals surface area contributed by atoms with Crippen LogP contribution < -0.4 is 10.1 Å². The first-order chi connectivity index (χ1) is 14.2. The van der Waals surface area contributed by atoms with Crippen molar-refractivity contribution in [2.75, 3.05) is 13.2 Å². The minimum absolute atomic E-state index is 0.00260. The third-order valence-electron chi connectivity index (χ3n) is 5.89. The smallest absolute Gasteiger partial charge is 0.325 e. The van der Waals surface area contributed by atoms with Crippen molar-refractivity contribution < 1.29 is 19.4 Å². The second-order valence-corrected chi connectivity index (χ2v) is 10.1. The molecule has 1 saturated heterocycles. The maximum absolute atomic E-state index is 13.2. The van der Waals surface area contributed by atoms with E-state index in [1.165, 1.54) is 5.56 Å². The molecule has 1 aromatic heterocycles. The van der Waals surface area contributed by atoms with Crippen molar-refractivity contribution in [2.24, 2.45) is 0 Å². The van der Waals surface area contributed by atoms with Crippen LogP contribution in [0.3, 0.4) is 0 Å². The molecule has 4 rings (SSSR count). The van der Waals surface area contributed by atoms with Crippen molar-refractivity contribution in [1.29, 1.82) is 0 Å². The van der Waals surface area contributed by atoms with Gasteiger partial charge in [0.05, 0.1) is 6.54 Å². The number of aliphatic hydroxyl groups is 1. The van der Waals surface area contributed by atoms with Crippen LogP contribution in [0.25, 0.3) is 0 Å². The Kier molecular flexibility index (Phi) is 5.36. The van der Waals surface area contributed by atoms with Crippen molar-refractivity contribution in [3.05, 3.63) is 51.7 Å². The highest BCUT2D eigenvalue weighted by atomic mass is 32.1. The molecule has 1 aromatic carbocycles. The van der Waals surface area contributed by atoms with E-state index in [1.54, 1.807) is 11.3 Å². The number of nitrogens with one attached hydrogen (secondary N) is 1. The number of rotatable bonds is 5. The highest BCUT2D eigenvalue weighted by Crippen LogP contribution is 2.42. The Labute approximate surface area is 180 Å². The van der Waals surface area contributed by atoms with Gasteiger partial charge >= 0.3 is 6.03 Å². The molecule has 2 aliphatic rings. The third kappa shape index (κ3) is 3.72. The SMILES string of the molecule is CC(C)(C)c1ccc(OC[C@@H](O)CN2C(=O)N[C@@]3(CCCc4sccc43)C2=O)cc1. The highest BCUT2D eigenvalue weighted by Gasteiger charge is 2.54. The maximum Gasteiger partial charge on any atom is 0.325 e. The van der Waals surface area contributed by atoms with Gasteiger partial charge < -0.3 is 15.2 Å². The van der Waals surface area contributed by atoms with E-state index < -0.39 is 17.7 Å². The zero-order chi connectivity index (χ0) is 21.5. The molecule has 3 amide bonds. The molecular formula is C23H28N2O4S. The number of imide groups is 1. The summed E-state index contributed by atoms with van der Waals surface area (Å²) in [5.41, 5.74) is 1.18. The molecule has 6 nitrogen and oxygen atoms in total. The number of aliphatic hydroxyl groups excluding tert-OH is 1. The van der Waals surface area contributed by atoms with Crippen LogP contribution in [0.15, 0.2) is 35.7 Å². The first kappa shape index (κ1) is 20.9. The van der Waals surface area contributed by atoms with Gasteiger partial charge in [-0.1, -0.05) is 32.9 Å². The topological polar surface area (TPSA) is 78.9 Å². The molecule has 1 fully saturated rings. The van der Waals surface area contributed by atoms with Crippen molar-refractivity contribution in [3.8, 4) is 5.75 Å². The van der Waals surface area contributed by atoms with E-state index in [-0.39, 0.29) is 24.5 Å². The largest absolute Gasteiger partial charge is 0.491 e. The monoisotopic (exact) mass is 428 g/mol. The molecule has 7 heteroatoms. The molecule has 0 bridgehead atoms. The number of hydrogen-bond acceptors (Lipinski definition) is 5. The summed E-state index contributed by atoms with van der Waals surface area (Å²) in [7, 11) is 0. The van der Waals surface area contributed by atoms with Crippen LogP contribution in [0.5, 0.6) is 5.75 Å². The molecule has 1 aliphatic heterocycles. The number of urea groups is 1. The van der Waals surface area contributed by atoms with Crippen LogP contribution in [-0.2, 0) is 22.2 Å². The number of aryl methyl sites for hydroxylation is 1. The van der Waals surface area contributed by atoms with E-state index in [2.05, 4.69) is 26.1 Å². The normalized spacial score (nSPS) is 22.2. The van der Waals surface area contributed by atoms with E-state index in [0.29, 0.717) is 12.2 Å². The summed E-state index contributed by atoms with van der Waals surface area (Å²) in [6.45, 7) is 6.34. The highest BCUT2D eigenvalue weighted by molar-refractivity contribution is 7.10. The van der Waals surface area contributed by atoms with Gasteiger partial charge in [-0.05, 0) is 53.8 Å². The molecule has 2 aromatic rings. The van der Waals surface area contributed by atoms with Crippen molar-refractivity contribution in [3.63, 3.8) is 0 Å². The number of carbonyl (C=O) groups excluding carboxylic acids is 2. The van der Waals surface area contributed by atoms with Crippen molar-refractivity contribution in [1.82, 2.24) is 10.2 Å². The average molecular weight is 429 g/mol. The third-order valence-corrected chi connectivity index (χ3v) is 6.87. The second kappa shape index (κ2) is 7.71. The number of benzene rings is 1. The summed E-state index contributed by atoms with van der Waals surface area (Å²) < 4.78 is 5.68. The van der Waals surface area contributed by atoms with Gasteiger partial charge in [0.25, 0.3) is 5.91 Å². The lowest BCUT2D eigenvalue weighted by atomic mass is 9.80. The van der Waals surface area contributed by atoms with E-state index in [1.807, 2.05) is 35.7 Å². The Morgan fingerprint density at radius 2 is 1.97 bits per heavy atom. The quantitative estimate of drug-likeness (QED) is 0.714. The van der Waals surface area contributed by atoms with Crippen LogP contribution in [0.2, 0.25) is 0 Å². The molecule has 1 aliphatic carbocycles. The Morgan fingerprint density at radius 3 is 2.67 bits per heavy atom. The Bertz CT molecular complexity index is 947. The van der Waals surface area contributed by atoms with E-state index in [9.17, 15) is 14.7 Å². The van der Waals surface area contributed by atoms with Crippen LogP contribution in [0, 0.1) is 0 Å². The molecule has 0 radical (unpaired) electrons. The Morgan fingerprint density at radius 1 is 1.23 bits per heavy atom. The lowest BCUT2D eigenvalue weighted by Gasteiger charge is -2.31. The van der Waals surface area contributed by atoms with E-state index >= 15 is 0 Å². The fraction of sp³-hybridized carbons (Fsp3) is 0.478. The summed E-state index contributed by atoms with van der Waals surface area (Å²) in [6, 6.07) is 9.23. The molecule has 2 N–H and O–H groups in total. The van der Waals surface area contributed by atoms with Gasteiger partial charge in [0, 0.05) is 10.4 Å². The van der Waals surface area contributed by atoms with Gasteiger partial charge in [0.15, 0.2) is 0 Å². The Balaban J connectivity index is 1.39. The lowest BCUT2D eigenvalue weighted by molar-refractivity contribution is -0.133. The first-order valence-electron chi connectivity index (χ1n) is 10.3. The first-order valence-corrected chi connectivity index (χ1v) is 11.2. The fourth-order valence-corrected chi connectivity index (χ4v) is 5.21. The molecule has 0 unspecified atom stereocenters. The van der Waals surface area contributed by atoms with Crippen molar-refractivity contribution in [2.45, 2.75) is 57.1 Å². The number of fused-ring (bicyclic) bond motifs is 2. The summed E-state index contributed by atoms with van der Waals surface area (Å²) >= 11 is 1.62. The molecular weight excluding hydrogens is 400 g/mol. The van der Waals surface area contributed by atoms with Crippen LogP contribution >= 0.6 is 11.3 Å². The molecule has 2 heterocycles. The Hall–Kier alpha value is -2.38. The van der Waals surface area contributed by atoms with Crippen LogP contribution in [0.4, 0.5) is 4.79 Å². The van der Waals surface area contributed by atoms with Gasteiger partial charge in [0.1, 0.15) is 24.0 Å². The predicted molar refractivity (Wildman–Crippen MR) is 116 cm³/mol. The zero-order valence-corrected chi connectivity index (χ0v) is 18.4. The van der Waals surface area contributed by atoms with E-state index in [0.717, 1.165) is 28.2 Å². The average Bonchev–Trinajstić information content (AvgIpc) is 3.27. The zero-order valence-electron chi connectivity index (χ0n) is 17.6. The predicted octanol–water partition coefficient (Wildman–Crippen LogP) is 3.57. The van der Waals surface area contributed by atoms with Crippen molar-refractivity contribution >= 4 is 23.3 Å². The summed E-state index contributed by atoms with van der Waals surface area (Å²) in [4.78, 5) is 28.0. The number of carbonyl (C=O) groups is 2. The van der Waals surface area contributed by atoms with Gasteiger partial charge in [0.2, 0.25) is 0 Å². The van der Waals surface area contributed by atoms with Crippen LogP contribution in [-0.4, -0.2) is 41.2 Å². The summed E-state index contributed by atoms with van der Waals surface area (Å²) in [5, 5.41) is 15.3. The molecule has 30 heavy (non-hydrogen) atoms. The number of amides is 3. The standard InChI is InChI=1S/C23H28N2O4S/c1-22(2,3)15-6-8-17(9-7-15)29-14-16(26)13-25-20(27)23(24-21(25)28)11-4-5-19-18(23)10-12-30-19/h6-10,12,16,26H,4-5,11,13-14H2,1-3H3,(H,24,28)/t16-,23+/m0/s1. The molecule has 1 spiro atoms. The van der Waals surface area contributed by atoms with Gasteiger partial charge in [-0.15, -0.1) is 11.3 Å². The molecule has 0 saturated carbocycles. The van der Waals surface area contributed by atoms with Gasteiger partial charge in [-0.2, -0.15) is 0 Å². The molecule has 160 valence electrons. The number of hydrogen-bond donors (Lipinski definition) is 2. The van der Waals surface area contributed by atoms with Gasteiger partial charge in [-0.25, -0.2) is 4.79 Å². The fourth-order valence-electron chi connectivity index (χ4n) is 4.21. The summed E-state index contributed by atoms with van der Waals surface area (Å²) in [6.07, 6.45) is 1.40. The minimum Gasteiger partial charge on any atom is -0.491 e. The molecule has 2 atom stereocenters. The number of β-amino-alcohol motifs (C(OH)–C–C–N with tert-alkyl or cyclic N) is 1. The van der Waals surface area contributed by atoms with E-state index in [4.69, 9.17) is 4.74 Å². The number of ether oxygens (including phenoxy) is 1. The number of nitrogens with zero attached hydrogens (tertiary/aromatic N) is 1. The number of thiophene rings is 1. The maximum atomic E-state index is 13.2. The van der Waals surface area contributed by atoms with Crippen LogP contribution in [0.1, 0.15) is 49.6 Å². The summed E-state index contributed by atoms with van der Waals surface area (Å²) in [5.74, 6) is 0.367.